The summed E-state index contributed by atoms with van der Waals surface area (Å²) in [5.41, 5.74) is 3.96. The normalized spacial score (nSPS) is 12.6. The molecule has 0 aliphatic rings. The van der Waals surface area contributed by atoms with Gasteiger partial charge in [-0.3, -0.25) is 4.79 Å². The molecule has 3 N–H and O–H groups in total. The van der Waals surface area contributed by atoms with Crippen LogP contribution in [0.3, 0.4) is 0 Å². The van der Waals surface area contributed by atoms with Crippen LogP contribution in [0, 0.1) is 13.8 Å². The highest BCUT2D eigenvalue weighted by atomic mass is 32.2. The van der Waals surface area contributed by atoms with E-state index in [4.69, 9.17) is 0 Å². The molecule has 5 heteroatoms. The van der Waals surface area contributed by atoms with Crippen molar-refractivity contribution in [3.05, 3.63) is 35.0 Å². The van der Waals surface area contributed by atoms with Gasteiger partial charge in [-0.05, 0) is 56.0 Å². The number of fused-ring (bicyclic) bond motifs is 1. The van der Waals surface area contributed by atoms with E-state index in [1.54, 1.807) is 11.8 Å². The van der Waals surface area contributed by atoms with Crippen LogP contribution in [0.2, 0.25) is 0 Å². The van der Waals surface area contributed by atoms with Crippen molar-refractivity contribution in [3.63, 3.8) is 0 Å². The van der Waals surface area contributed by atoms with Crippen molar-refractivity contribution < 1.29 is 9.90 Å². The lowest BCUT2D eigenvalue weighted by Crippen LogP contribution is -2.37. The molecule has 1 aromatic heterocycles. The number of benzene rings is 1. The van der Waals surface area contributed by atoms with Crippen molar-refractivity contribution in [2.45, 2.75) is 26.3 Å². The van der Waals surface area contributed by atoms with Crippen LogP contribution < -0.4 is 5.32 Å². The summed E-state index contributed by atoms with van der Waals surface area (Å²) >= 11 is 1.71. The number of aryl methyl sites for hydroxylation is 2. The van der Waals surface area contributed by atoms with Gasteiger partial charge in [0.05, 0.1) is 12.6 Å². The first-order valence-electron chi connectivity index (χ1n) is 7.06. The number of carbonyl (C=O) groups excluding carboxylic acids is 1. The number of aliphatic hydroxyl groups is 1. The molecule has 1 aromatic carbocycles. The third-order valence-electron chi connectivity index (χ3n) is 3.80. The molecule has 0 bridgehead atoms. The van der Waals surface area contributed by atoms with Crippen LogP contribution in [0.25, 0.3) is 10.9 Å². The molecule has 114 valence electrons. The molecule has 4 nitrogen and oxygen atoms in total. The van der Waals surface area contributed by atoms with Gasteiger partial charge in [0.1, 0.15) is 0 Å². The Morgan fingerprint density at radius 1 is 1.43 bits per heavy atom. The van der Waals surface area contributed by atoms with Crippen LogP contribution in [0.5, 0.6) is 0 Å². The number of aromatic amines is 1. The fourth-order valence-corrected chi connectivity index (χ4v) is 2.86. The molecule has 2 aromatic rings. The molecule has 0 saturated carbocycles. The first-order chi connectivity index (χ1) is 10.1. The summed E-state index contributed by atoms with van der Waals surface area (Å²) in [7, 11) is 0. The highest BCUT2D eigenvalue weighted by molar-refractivity contribution is 7.98. The number of rotatable bonds is 6. The maximum absolute atomic E-state index is 12.3. The zero-order valence-electron chi connectivity index (χ0n) is 12.7. The van der Waals surface area contributed by atoms with E-state index in [1.165, 1.54) is 5.56 Å². The molecule has 1 heterocycles. The number of nitrogens with one attached hydrogen (secondary N) is 2. The van der Waals surface area contributed by atoms with E-state index in [-0.39, 0.29) is 18.6 Å². The number of thioether (sulfide) groups is 1. The molecule has 0 saturated heterocycles. The third kappa shape index (κ3) is 3.60. The maximum atomic E-state index is 12.3. The van der Waals surface area contributed by atoms with E-state index in [2.05, 4.69) is 10.3 Å². The summed E-state index contributed by atoms with van der Waals surface area (Å²) in [6.45, 7) is 4.04. The molecular formula is C16H22N2O2S. The van der Waals surface area contributed by atoms with Crippen LogP contribution in [0.1, 0.15) is 28.0 Å². The van der Waals surface area contributed by atoms with Gasteiger partial charge in [-0.1, -0.05) is 0 Å². The van der Waals surface area contributed by atoms with Gasteiger partial charge < -0.3 is 15.4 Å². The molecule has 2 rings (SSSR count). The van der Waals surface area contributed by atoms with E-state index in [9.17, 15) is 9.90 Å². The smallest absolute Gasteiger partial charge is 0.251 e. The lowest BCUT2D eigenvalue weighted by atomic mass is 10.1. The summed E-state index contributed by atoms with van der Waals surface area (Å²) in [5.74, 6) is 0.788. The number of hydrogen-bond acceptors (Lipinski definition) is 3. The monoisotopic (exact) mass is 306 g/mol. The van der Waals surface area contributed by atoms with E-state index in [0.29, 0.717) is 5.56 Å². The summed E-state index contributed by atoms with van der Waals surface area (Å²) in [4.78, 5) is 15.6. The topological polar surface area (TPSA) is 65.1 Å². The summed E-state index contributed by atoms with van der Waals surface area (Å²) < 4.78 is 0. The maximum Gasteiger partial charge on any atom is 0.251 e. The van der Waals surface area contributed by atoms with Gasteiger partial charge in [0.15, 0.2) is 0 Å². The lowest BCUT2D eigenvalue weighted by molar-refractivity contribution is 0.0915. The average molecular weight is 306 g/mol. The number of carbonyl (C=O) groups is 1. The van der Waals surface area contributed by atoms with Gasteiger partial charge in [-0.2, -0.15) is 11.8 Å². The fourth-order valence-electron chi connectivity index (χ4n) is 2.34. The van der Waals surface area contributed by atoms with Crippen molar-refractivity contribution >= 4 is 28.6 Å². The number of hydrogen-bond donors (Lipinski definition) is 3. The van der Waals surface area contributed by atoms with E-state index < -0.39 is 0 Å². The van der Waals surface area contributed by atoms with Crippen LogP contribution >= 0.6 is 11.8 Å². The summed E-state index contributed by atoms with van der Waals surface area (Å²) in [6, 6.07) is 5.47. The highest BCUT2D eigenvalue weighted by Crippen LogP contribution is 2.22. The second-order valence-electron chi connectivity index (χ2n) is 5.27. The van der Waals surface area contributed by atoms with Crippen molar-refractivity contribution in [1.29, 1.82) is 0 Å². The van der Waals surface area contributed by atoms with Crippen molar-refractivity contribution in [2.24, 2.45) is 0 Å². The average Bonchev–Trinajstić information content (AvgIpc) is 2.78. The Morgan fingerprint density at radius 2 is 2.19 bits per heavy atom. The van der Waals surface area contributed by atoms with Crippen molar-refractivity contribution in [2.75, 3.05) is 18.6 Å². The van der Waals surface area contributed by atoms with Crippen molar-refractivity contribution in [1.82, 2.24) is 10.3 Å². The Hall–Kier alpha value is -1.46. The zero-order valence-corrected chi connectivity index (χ0v) is 13.5. The molecule has 0 spiro atoms. The van der Waals surface area contributed by atoms with E-state index in [0.717, 1.165) is 28.8 Å². The number of H-pyrrole nitrogens is 1. The highest BCUT2D eigenvalue weighted by Gasteiger charge is 2.14. The van der Waals surface area contributed by atoms with Gasteiger partial charge in [-0.15, -0.1) is 0 Å². The second kappa shape index (κ2) is 7.00. The molecule has 1 atom stereocenters. The van der Waals surface area contributed by atoms with Crippen LogP contribution in [-0.2, 0) is 0 Å². The van der Waals surface area contributed by atoms with Crippen LogP contribution in [-0.4, -0.2) is 40.7 Å². The molecule has 1 amide bonds. The molecule has 0 aliphatic heterocycles. The van der Waals surface area contributed by atoms with Crippen LogP contribution in [0.15, 0.2) is 18.2 Å². The Kier molecular flexibility index (Phi) is 5.31. The predicted molar refractivity (Wildman–Crippen MR) is 89.1 cm³/mol. The van der Waals surface area contributed by atoms with Gasteiger partial charge in [0.2, 0.25) is 0 Å². The minimum absolute atomic E-state index is 0.0309. The first-order valence-corrected chi connectivity index (χ1v) is 8.45. The minimum Gasteiger partial charge on any atom is -0.394 e. The Balaban J connectivity index is 2.17. The van der Waals surface area contributed by atoms with Crippen molar-refractivity contribution in [3.8, 4) is 0 Å². The Labute approximate surface area is 129 Å². The van der Waals surface area contributed by atoms with Gasteiger partial charge in [-0.25, -0.2) is 0 Å². The van der Waals surface area contributed by atoms with Crippen LogP contribution in [0.4, 0.5) is 0 Å². The summed E-state index contributed by atoms with van der Waals surface area (Å²) in [6.07, 6.45) is 2.79. The van der Waals surface area contributed by atoms with E-state index >= 15 is 0 Å². The number of amides is 1. The predicted octanol–water partition coefficient (Wildman–Crippen LogP) is 2.63. The van der Waals surface area contributed by atoms with E-state index in [1.807, 2.05) is 38.3 Å². The first kappa shape index (κ1) is 15.9. The molecule has 21 heavy (non-hydrogen) atoms. The van der Waals surface area contributed by atoms with Gasteiger partial charge in [0.25, 0.3) is 5.91 Å². The number of aliphatic hydroxyl groups excluding tert-OH is 1. The zero-order chi connectivity index (χ0) is 15.4. The molecule has 0 aliphatic carbocycles. The number of aromatic nitrogens is 1. The quantitative estimate of drug-likeness (QED) is 0.768. The molecule has 0 unspecified atom stereocenters. The Bertz CT molecular complexity index is 636. The minimum atomic E-state index is -0.185. The SMILES string of the molecule is CSCC[C@@H](CO)NC(=O)c1ccc2[nH]c(C)c(C)c2c1. The summed E-state index contributed by atoms with van der Waals surface area (Å²) in [5, 5.41) is 13.3. The standard InChI is InChI=1S/C16H22N2O2S/c1-10-11(2)17-15-5-4-12(8-14(10)15)16(20)18-13(9-19)6-7-21-3/h4-5,8,13,17,19H,6-7,9H2,1-3H3,(H,18,20)/t13-/m0/s1. The van der Waals surface area contributed by atoms with Gasteiger partial charge >= 0.3 is 0 Å². The fraction of sp³-hybridized carbons (Fsp3) is 0.438. The Morgan fingerprint density at radius 3 is 2.86 bits per heavy atom. The molecule has 0 radical (unpaired) electrons. The third-order valence-corrected chi connectivity index (χ3v) is 4.44. The largest absolute Gasteiger partial charge is 0.394 e. The molecule has 0 fully saturated rings. The molecular weight excluding hydrogens is 284 g/mol. The lowest BCUT2D eigenvalue weighted by Gasteiger charge is -2.15. The second-order valence-corrected chi connectivity index (χ2v) is 6.26. The van der Waals surface area contributed by atoms with Gasteiger partial charge in [0, 0.05) is 22.2 Å².